The Labute approximate surface area is 117 Å². The van der Waals surface area contributed by atoms with E-state index in [9.17, 15) is 17.6 Å². The predicted molar refractivity (Wildman–Crippen MR) is 67.5 cm³/mol. The molecule has 1 unspecified atom stereocenters. The molecule has 0 aliphatic rings. The number of rotatable bonds is 6. The molecule has 0 aromatic heterocycles. The molecule has 1 atom stereocenters. The molecular formula is C12H14BrF4NO. The van der Waals surface area contributed by atoms with Crippen LogP contribution in [0, 0.1) is 5.82 Å². The van der Waals surface area contributed by atoms with E-state index >= 15 is 0 Å². The summed E-state index contributed by atoms with van der Waals surface area (Å²) < 4.78 is 54.6. The van der Waals surface area contributed by atoms with Crippen molar-refractivity contribution in [1.29, 1.82) is 0 Å². The average Bonchev–Trinajstić information content (AvgIpc) is 2.30. The molecule has 0 heterocycles. The molecule has 0 saturated heterocycles. The first-order valence-corrected chi connectivity index (χ1v) is 6.37. The first-order valence-electron chi connectivity index (χ1n) is 5.57. The Kier molecular flexibility index (Phi) is 6.22. The van der Waals surface area contributed by atoms with Crippen molar-refractivity contribution in [2.24, 2.45) is 0 Å². The second kappa shape index (κ2) is 7.21. The highest BCUT2D eigenvalue weighted by atomic mass is 79.9. The van der Waals surface area contributed by atoms with Crippen molar-refractivity contribution in [1.82, 2.24) is 5.32 Å². The first kappa shape index (κ1) is 16.4. The Balaban J connectivity index is 2.54. The van der Waals surface area contributed by atoms with E-state index in [1.165, 1.54) is 6.07 Å². The van der Waals surface area contributed by atoms with Crippen molar-refractivity contribution in [3.05, 3.63) is 34.1 Å². The fourth-order valence-electron chi connectivity index (χ4n) is 1.53. The monoisotopic (exact) mass is 343 g/mol. The minimum Gasteiger partial charge on any atom is -0.370 e. The molecule has 0 aliphatic heterocycles. The van der Waals surface area contributed by atoms with E-state index in [0.29, 0.717) is 5.56 Å². The smallest absolute Gasteiger partial charge is 0.370 e. The minimum atomic E-state index is -4.35. The van der Waals surface area contributed by atoms with Crippen molar-refractivity contribution < 1.29 is 22.3 Å². The quantitative estimate of drug-likeness (QED) is 0.800. The Hall–Kier alpha value is -0.660. The van der Waals surface area contributed by atoms with Crippen LogP contribution in [0.4, 0.5) is 17.6 Å². The molecule has 0 aliphatic carbocycles. The van der Waals surface area contributed by atoms with Gasteiger partial charge in [0.2, 0.25) is 0 Å². The molecule has 0 fully saturated rings. The van der Waals surface area contributed by atoms with Crippen molar-refractivity contribution >= 4 is 15.9 Å². The van der Waals surface area contributed by atoms with Gasteiger partial charge in [0.15, 0.2) is 0 Å². The molecule has 7 heteroatoms. The number of halogens is 5. The molecule has 108 valence electrons. The number of nitrogens with one attached hydrogen (secondary N) is 1. The van der Waals surface area contributed by atoms with Gasteiger partial charge >= 0.3 is 6.18 Å². The summed E-state index contributed by atoms with van der Waals surface area (Å²) >= 11 is 3.22. The molecule has 0 spiro atoms. The zero-order valence-electron chi connectivity index (χ0n) is 10.2. The van der Waals surface area contributed by atoms with E-state index < -0.39 is 12.8 Å². The maximum absolute atomic E-state index is 13.5. The van der Waals surface area contributed by atoms with E-state index in [0.717, 1.165) is 4.47 Å². The number of alkyl halides is 3. The first-order chi connectivity index (χ1) is 8.81. The van der Waals surface area contributed by atoms with E-state index in [-0.39, 0.29) is 24.9 Å². The van der Waals surface area contributed by atoms with Gasteiger partial charge in [0.05, 0.1) is 6.61 Å². The molecule has 1 rings (SSSR count). The highest BCUT2D eigenvalue weighted by molar-refractivity contribution is 9.10. The Morgan fingerprint density at radius 1 is 1.37 bits per heavy atom. The van der Waals surface area contributed by atoms with E-state index in [1.807, 2.05) is 0 Å². The van der Waals surface area contributed by atoms with Gasteiger partial charge in [-0.05, 0) is 37.2 Å². The van der Waals surface area contributed by atoms with Crippen LogP contribution in [0.15, 0.2) is 22.7 Å². The van der Waals surface area contributed by atoms with Gasteiger partial charge in [-0.15, -0.1) is 0 Å². The number of likely N-dealkylation sites (N-methyl/N-ethyl adjacent to an activating group) is 1. The lowest BCUT2D eigenvalue weighted by Gasteiger charge is -2.17. The number of hydrogen-bond donors (Lipinski definition) is 1. The van der Waals surface area contributed by atoms with E-state index in [1.54, 1.807) is 19.2 Å². The van der Waals surface area contributed by atoms with Crippen molar-refractivity contribution in [3.8, 4) is 0 Å². The highest BCUT2D eigenvalue weighted by Crippen LogP contribution is 2.18. The lowest BCUT2D eigenvalue weighted by molar-refractivity contribution is -0.175. The second-order valence-corrected chi connectivity index (χ2v) is 4.97. The lowest BCUT2D eigenvalue weighted by atomic mass is 10.1. The van der Waals surface area contributed by atoms with Crippen molar-refractivity contribution in [3.63, 3.8) is 0 Å². The van der Waals surface area contributed by atoms with Crippen LogP contribution in [0.25, 0.3) is 0 Å². The molecule has 1 N–H and O–H groups in total. The van der Waals surface area contributed by atoms with E-state index in [4.69, 9.17) is 0 Å². The summed E-state index contributed by atoms with van der Waals surface area (Å²) in [6.07, 6.45) is -4.10. The van der Waals surface area contributed by atoms with Gasteiger partial charge in [-0.3, -0.25) is 0 Å². The summed E-state index contributed by atoms with van der Waals surface area (Å²) in [5.41, 5.74) is 0.421. The van der Waals surface area contributed by atoms with Crippen LogP contribution in [-0.4, -0.2) is 32.5 Å². The molecule has 2 nitrogen and oxygen atoms in total. The van der Waals surface area contributed by atoms with Crippen LogP contribution >= 0.6 is 15.9 Å². The van der Waals surface area contributed by atoms with Gasteiger partial charge in [0.25, 0.3) is 0 Å². The summed E-state index contributed by atoms with van der Waals surface area (Å²) in [6, 6.07) is 4.09. The van der Waals surface area contributed by atoms with Crippen molar-refractivity contribution in [2.75, 3.05) is 20.3 Å². The molecule has 0 radical (unpaired) electrons. The predicted octanol–water partition coefficient (Wildman–Crippen LogP) is 3.30. The molecule has 0 bridgehead atoms. The maximum atomic E-state index is 13.5. The van der Waals surface area contributed by atoms with E-state index in [2.05, 4.69) is 26.0 Å². The van der Waals surface area contributed by atoms with Crippen LogP contribution in [0.1, 0.15) is 5.56 Å². The zero-order chi connectivity index (χ0) is 14.5. The fourth-order valence-corrected chi connectivity index (χ4v) is 1.93. The largest absolute Gasteiger partial charge is 0.411 e. The number of benzene rings is 1. The minimum absolute atomic E-state index is 0.137. The number of ether oxygens (including phenoxy) is 1. The number of hydrogen-bond acceptors (Lipinski definition) is 2. The van der Waals surface area contributed by atoms with Crippen LogP contribution < -0.4 is 5.32 Å². The maximum Gasteiger partial charge on any atom is 0.411 e. The van der Waals surface area contributed by atoms with Crippen molar-refractivity contribution in [2.45, 2.75) is 18.6 Å². The summed E-state index contributed by atoms with van der Waals surface area (Å²) in [6.45, 7) is -1.44. The normalized spacial score (nSPS) is 13.6. The molecule has 0 amide bonds. The van der Waals surface area contributed by atoms with Crippen LogP contribution in [0.3, 0.4) is 0 Å². The third-order valence-electron chi connectivity index (χ3n) is 2.47. The SMILES string of the molecule is CNC(COCC(F)(F)F)Cc1cc(Br)ccc1F. The van der Waals surface area contributed by atoms with Crippen LogP contribution in [0.2, 0.25) is 0 Å². The summed E-state index contributed by atoms with van der Waals surface area (Å²) in [7, 11) is 1.59. The third-order valence-corrected chi connectivity index (χ3v) is 2.96. The van der Waals surface area contributed by atoms with Gasteiger partial charge in [-0.2, -0.15) is 13.2 Å². The van der Waals surface area contributed by atoms with Gasteiger partial charge < -0.3 is 10.1 Å². The summed E-state index contributed by atoms with van der Waals surface area (Å²) in [4.78, 5) is 0. The molecule has 1 aromatic rings. The zero-order valence-corrected chi connectivity index (χ0v) is 11.8. The standard InChI is InChI=1S/C12H14BrF4NO/c1-18-10(6-19-7-12(15,16)17)5-8-4-9(13)2-3-11(8)14/h2-4,10,18H,5-7H2,1H3. The third kappa shape index (κ3) is 6.35. The average molecular weight is 344 g/mol. The van der Waals surface area contributed by atoms with Gasteiger partial charge in [0, 0.05) is 10.5 Å². The fraction of sp³-hybridized carbons (Fsp3) is 0.500. The topological polar surface area (TPSA) is 21.3 Å². The van der Waals surface area contributed by atoms with Crippen LogP contribution in [-0.2, 0) is 11.2 Å². The summed E-state index contributed by atoms with van der Waals surface area (Å²) in [5, 5.41) is 2.81. The Bertz CT molecular complexity index is 411. The second-order valence-electron chi connectivity index (χ2n) is 4.06. The Morgan fingerprint density at radius 3 is 2.63 bits per heavy atom. The molecule has 1 aromatic carbocycles. The van der Waals surface area contributed by atoms with Gasteiger partial charge in [-0.25, -0.2) is 4.39 Å². The van der Waals surface area contributed by atoms with Crippen LogP contribution in [0.5, 0.6) is 0 Å². The summed E-state index contributed by atoms with van der Waals surface area (Å²) in [5.74, 6) is -0.390. The molecular weight excluding hydrogens is 330 g/mol. The van der Waals surface area contributed by atoms with Gasteiger partial charge in [0.1, 0.15) is 12.4 Å². The lowest BCUT2D eigenvalue weighted by Crippen LogP contribution is -2.34. The molecule has 0 saturated carbocycles. The van der Waals surface area contributed by atoms with Gasteiger partial charge in [-0.1, -0.05) is 15.9 Å². The Morgan fingerprint density at radius 2 is 2.05 bits per heavy atom. The highest BCUT2D eigenvalue weighted by Gasteiger charge is 2.27. The molecule has 19 heavy (non-hydrogen) atoms.